The molecule has 126 valence electrons. The number of carbonyl (C=O) groups excluding carboxylic acids is 1. The standard InChI is InChI=1S/C12H24O8S/c1-4-18-12(13)11(2)19-9-7-16-5-6-17-8-10-20-21(3,14)15/h11H,4-10H2,1-3H3/t11-/m0/s1. The Morgan fingerprint density at radius 1 is 1.00 bits per heavy atom. The van der Waals surface area contributed by atoms with Crippen LogP contribution in [-0.2, 0) is 38.0 Å². The highest BCUT2D eigenvalue weighted by molar-refractivity contribution is 7.85. The number of carbonyl (C=O) groups is 1. The molecule has 0 saturated heterocycles. The van der Waals surface area contributed by atoms with Gasteiger partial charge in [0.2, 0.25) is 0 Å². The van der Waals surface area contributed by atoms with Crippen molar-refractivity contribution < 1.29 is 36.3 Å². The molecule has 0 aromatic rings. The van der Waals surface area contributed by atoms with E-state index in [0.717, 1.165) is 6.26 Å². The maximum Gasteiger partial charge on any atom is 0.334 e. The highest BCUT2D eigenvalue weighted by Gasteiger charge is 2.13. The molecular weight excluding hydrogens is 304 g/mol. The number of esters is 1. The summed E-state index contributed by atoms with van der Waals surface area (Å²) >= 11 is 0. The maximum atomic E-state index is 11.2. The van der Waals surface area contributed by atoms with Gasteiger partial charge in [-0.3, -0.25) is 4.18 Å². The second-order valence-electron chi connectivity index (χ2n) is 4.02. The van der Waals surface area contributed by atoms with Crippen LogP contribution < -0.4 is 0 Å². The molecule has 0 unspecified atom stereocenters. The first-order valence-corrected chi connectivity index (χ1v) is 8.46. The van der Waals surface area contributed by atoms with Crippen molar-refractivity contribution in [3.05, 3.63) is 0 Å². The molecule has 9 heteroatoms. The molecule has 0 aliphatic heterocycles. The van der Waals surface area contributed by atoms with E-state index in [-0.39, 0.29) is 19.8 Å². The minimum absolute atomic E-state index is 0.0149. The minimum Gasteiger partial charge on any atom is -0.464 e. The molecule has 0 heterocycles. The summed E-state index contributed by atoms with van der Waals surface area (Å²) in [6, 6.07) is 0. The predicted molar refractivity (Wildman–Crippen MR) is 74.5 cm³/mol. The van der Waals surface area contributed by atoms with Crippen LogP contribution in [0, 0.1) is 0 Å². The Balaban J connectivity index is 3.31. The first kappa shape index (κ1) is 20.3. The molecule has 0 rings (SSSR count). The fourth-order valence-corrected chi connectivity index (χ4v) is 1.55. The van der Waals surface area contributed by atoms with Gasteiger partial charge in [-0.05, 0) is 13.8 Å². The summed E-state index contributed by atoms with van der Waals surface area (Å²) in [5.74, 6) is -0.397. The lowest BCUT2D eigenvalue weighted by Gasteiger charge is -2.11. The van der Waals surface area contributed by atoms with Crippen LogP contribution in [0.4, 0.5) is 0 Å². The highest BCUT2D eigenvalue weighted by atomic mass is 32.2. The lowest BCUT2D eigenvalue weighted by atomic mass is 10.4. The molecule has 0 aliphatic carbocycles. The third-order valence-corrected chi connectivity index (χ3v) is 2.71. The van der Waals surface area contributed by atoms with E-state index in [0.29, 0.717) is 26.4 Å². The Kier molecular flexibility index (Phi) is 11.5. The number of rotatable bonds is 13. The van der Waals surface area contributed by atoms with E-state index in [1.807, 2.05) is 0 Å². The van der Waals surface area contributed by atoms with Crippen molar-refractivity contribution in [2.75, 3.05) is 52.5 Å². The van der Waals surface area contributed by atoms with Gasteiger partial charge >= 0.3 is 5.97 Å². The van der Waals surface area contributed by atoms with E-state index in [1.165, 1.54) is 0 Å². The predicted octanol–water partition coefficient (Wildman–Crippen LogP) is -0.0360. The van der Waals surface area contributed by atoms with E-state index in [9.17, 15) is 13.2 Å². The molecule has 0 aromatic heterocycles. The quantitative estimate of drug-likeness (QED) is 0.264. The summed E-state index contributed by atoms with van der Waals surface area (Å²) in [5.41, 5.74) is 0. The van der Waals surface area contributed by atoms with Crippen LogP contribution in [0.2, 0.25) is 0 Å². The van der Waals surface area contributed by atoms with Crippen molar-refractivity contribution in [1.82, 2.24) is 0 Å². The Labute approximate surface area is 125 Å². The van der Waals surface area contributed by atoms with Crippen molar-refractivity contribution in [2.24, 2.45) is 0 Å². The van der Waals surface area contributed by atoms with Crippen LogP contribution >= 0.6 is 0 Å². The van der Waals surface area contributed by atoms with E-state index in [2.05, 4.69) is 4.18 Å². The Hall–Kier alpha value is -0.740. The number of hydrogen-bond donors (Lipinski definition) is 0. The second-order valence-corrected chi connectivity index (χ2v) is 5.66. The van der Waals surface area contributed by atoms with Crippen LogP contribution in [0.1, 0.15) is 13.8 Å². The minimum atomic E-state index is -3.41. The molecule has 0 bridgehead atoms. The Morgan fingerprint density at radius 3 is 2.05 bits per heavy atom. The van der Waals surface area contributed by atoms with Gasteiger partial charge in [-0.25, -0.2) is 4.79 Å². The van der Waals surface area contributed by atoms with E-state index in [1.54, 1.807) is 13.8 Å². The zero-order valence-corrected chi connectivity index (χ0v) is 13.5. The fraction of sp³-hybridized carbons (Fsp3) is 0.917. The van der Waals surface area contributed by atoms with Gasteiger partial charge in [-0.2, -0.15) is 8.42 Å². The van der Waals surface area contributed by atoms with Crippen molar-refractivity contribution >= 4 is 16.1 Å². The first-order valence-electron chi connectivity index (χ1n) is 6.65. The molecule has 0 aromatic carbocycles. The average Bonchev–Trinajstić information content (AvgIpc) is 2.39. The number of ether oxygens (including phenoxy) is 4. The molecule has 21 heavy (non-hydrogen) atoms. The molecule has 0 amide bonds. The molecule has 8 nitrogen and oxygen atoms in total. The summed E-state index contributed by atoms with van der Waals surface area (Å²) in [6.07, 6.45) is 0.367. The van der Waals surface area contributed by atoms with Gasteiger partial charge in [-0.1, -0.05) is 0 Å². The summed E-state index contributed by atoms with van der Waals surface area (Å²) in [5, 5.41) is 0. The highest BCUT2D eigenvalue weighted by Crippen LogP contribution is 1.94. The molecule has 0 radical (unpaired) electrons. The van der Waals surface area contributed by atoms with Crippen LogP contribution in [0.3, 0.4) is 0 Å². The first-order chi connectivity index (χ1) is 9.87. The van der Waals surface area contributed by atoms with Crippen molar-refractivity contribution in [3.63, 3.8) is 0 Å². The van der Waals surface area contributed by atoms with Crippen molar-refractivity contribution in [1.29, 1.82) is 0 Å². The lowest BCUT2D eigenvalue weighted by Crippen LogP contribution is -2.25. The smallest absolute Gasteiger partial charge is 0.334 e. The largest absolute Gasteiger partial charge is 0.464 e. The van der Waals surface area contributed by atoms with E-state index < -0.39 is 22.2 Å². The van der Waals surface area contributed by atoms with Crippen LogP contribution in [-0.4, -0.2) is 73.0 Å². The van der Waals surface area contributed by atoms with Gasteiger partial charge in [0.1, 0.15) is 0 Å². The van der Waals surface area contributed by atoms with E-state index >= 15 is 0 Å². The van der Waals surface area contributed by atoms with Crippen LogP contribution in [0.15, 0.2) is 0 Å². The molecular formula is C12H24O8S. The van der Waals surface area contributed by atoms with Crippen LogP contribution in [0.5, 0.6) is 0 Å². The SMILES string of the molecule is CCOC(=O)[C@H](C)OCCOCCOCCOS(C)(=O)=O. The summed E-state index contributed by atoms with van der Waals surface area (Å²) in [4.78, 5) is 11.2. The second kappa shape index (κ2) is 11.9. The summed E-state index contributed by atoms with van der Waals surface area (Å²) in [6.45, 7) is 5.09. The average molecular weight is 328 g/mol. The monoisotopic (exact) mass is 328 g/mol. The third-order valence-electron chi connectivity index (χ3n) is 2.11. The Bertz CT molecular complexity index is 367. The molecule has 0 fully saturated rings. The van der Waals surface area contributed by atoms with Crippen molar-refractivity contribution in [3.8, 4) is 0 Å². The summed E-state index contributed by atoms with van der Waals surface area (Å²) < 4.78 is 46.1. The van der Waals surface area contributed by atoms with Crippen LogP contribution in [0.25, 0.3) is 0 Å². The summed E-state index contributed by atoms with van der Waals surface area (Å²) in [7, 11) is -3.41. The molecule has 0 aliphatic rings. The maximum absolute atomic E-state index is 11.2. The molecule has 1 atom stereocenters. The molecule has 0 spiro atoms. The van der Waals surface area contributed by atoms with Gasteiger partial charge in [0.15, 0.2) is 6.10 Å². The number of hydrogen-bond acceptors (Lipinski definition) is 8. The van der Waals surface area contributed by atoms with Gasteiger partial charge in [0.25, 0.3) is 10.1 Å². The van der Waals surface area contributed by atoms with E-state index in [4.69, 9.17) is 18.9 Å². The zero-order valence-electron chi connectivity index (χ0n) is 12.7. The molecule has 0 N–H and O–H groups in total. The third kappa shape index (κ3) is 14.0. The topological polar surface area (TPSA) is 97.4 Å². The van der Waals surface area contributed by atoms with Gasteiger partial charge in [-0.15, -0.1) is 0 Å². The zero-order chi connectivity index (χ0) is 16.1. The fourth-order valence-electron chi connectivity index (χ4n) is 1.18. The normalized spacial score (nSPS) is 13.1. The molecule has 0 saturated carbocycles. The van der Waals surface area contributed by atoms with Gasteiger partial charge in [0, 0.05) is 0 Å². The van der Waals surface area contributed by atoms with Gasteiger partial charge < -0.3 is 18.9 Å². The van der Waals surface area contributed by atoms with Crippen molar-refractivity contribution in [2.45, 2.75) is 20.0 Å². The lowest BCUT2D eigenvalue weighted by molar-refractivity contribution is -0.156. The Morgan fingerprint density at radius 2 is 1.52 bits per heavy atom. The van der Waals surface area contributed by atoms with Gasteiger partial charge in [0.05, 0.1) is 52.5 Å².